The number of methoxy groups -OCH3 is 1. The van der Waals surface area contributed by atoms with Crippen molar-refractivity contribution in [3.05, 3.63) is 36.4 Å². The van der Waals surface area contributed by atoms with Crippen LogP contribution in [0.5, 0.6) is 5.75 Å². The highest BCUT2D eigenvalue weighted by atomic mass is 35.5. The molecule has 0 aliphatic carbocycles. The van der Waals surface area contributed by atoms with Crippen molar-refractivity contribution in [3.8, 4) is 28.3 Å². The minimum absolute atomic E-state index is 0.265. The average molecular weight is 416 g/mol. The van der Waals surface area contributed by atoms with E-state index in [4.69, 9.17) is 21.1 Å². The van der Waals surface area contributed by atoms with Gasteiger partial charge in [-0.05, 0) is 31.9 Å². The third kappa shape index (κ3) is 3.27. The maximum absolute atomic E-state index is 12.5. The van der Waals surface area contributed by atoms with Crippen molar-refractivity contribution in [2.75, 3.05) is 13.7 Å². The van der Waals surface area contributed by atoms with Gasteiger partial charge in [-0.25, -0.2) is 4.79 Å². The monoisotopic (exact) mass is 415 g/mol. The zero-order valence-corrected chi connectivity index (χ0v) is 17.3. The Kier molecular flexibility index (Phi) is 5.04. The molecular weight excluding hydrogens is 394 g/mol. The molecule has 9 heteroatoms. The molecule has 1 aliphatic heterocycles. The lowest BCUT2D eigenvalue weighted by molar-refractivity contribution is -0.147. The molecule has 1 unspecified atom stereocenters. The zero-order valence-electron chi connectivity index (χ0n) is 16.6. The van der Waals surface area contributed by atoms with Crippen molar-refractivity contribution in [1.82, 2.24) is 24.5 Å². The fraction of sp³-hybridized carbons (Fsp3) is 0.400. The molecule has 29 heavy (non-hydrogen) atoms. The summed E-state index contributed by atoms with van der Waals surface area (Å²) in [6, 6.07) is 5.83. The van der Waals surface area contributed by atoms with E-state index in [0.717, 1.165) is 23.1 Å². The van der Waals surface area contributed by atoms with Crippen molar-refractivity contribution < 1.29 is 14.3 Å². The summed E-state index contributed by atoms with van der Waals surface area (Å²) < 4.78 is 14.4. The van der Waals surface area contributed by atoms with Crippen LogP contribution < -0.4 is 4.74 Å². The first-order valence-electron chi connectivity index (χ1n) is 9.45. The van der Waals surface area contributed by atoms with Crippen molar-refractivity contribution >= 4 is 17.6 Å². The number of esters is 1. The molecule has 152 valence electrons. The van der Waals surface area contributed by atoms with E-state index in [1.54, 1.807) is 24.9 Å². The lowest BCUT2D eigenvalue weighted by Crippen LogP contribution is -2.38. The summed E-state index contributed by atoms with van der Waals surface area (Å²) in [7, 11) is 3.50. The molecule has 1 aliphatic rings. The number of benzene rings is 1. The Labute approximate surface area is 173 Å². The smallest absolute Gasteiger partial charge is 0.335 e. The van der Waals surface area contributed by atoms with E-state index in [1.165, 1.54) is 0 Å². The fourth-order valence-corrected chi connectivity index (χ4v) is 4.01. The first kappa shape index (κ1) is 19.4. The van der Waals surface area contributed by atoms with Gasteiger partial charge in [0.25, 0.3) is 0 Å². The number of hydrogen-bond donors (Lipinski definition) is 0. The standard InChI is InChI=1S/C20H22ClN5O3/c1-4-29-19(27)20(21)8-5-9-26-17(23-24-18(20)26)13-6-7-15(16(10-13)28-3)14-11-22-25(2)12-14/h6-7,10-12H,4-5,8-9H2,1-3H3. The minimum Gasteiger partial charge on any atom is -0.496 e. The van der Waals surface area contributed by atoms with Crippen LogP contribution in [0.25, 0.3) is 22.5 Å². The molecule has 0 fully saturated rings. The summed E-state index contributed by atoms with van der Waals surface area (Å²) in [6.07, 6.45) is 4.91. The molecule has 0 N–H and O–H groups in total. The number of hydrogen-bond acceptors (Lipinski definition) is 6. The Bertz CT molecular complexity index is 1060. The summed E-state index contributed by atoms with van der Waals surface area (Å²) in [5.41, 5.74) is 2.72. The molecule has 0 saturated carbocycles. The van der Waals surface area contributed by atoms with Gasteiger partial charge >= 0.3 is 5.97 Å². The second-order valence-corrected chi connectivity index (χ2v) is 7.59. The van der Waals surface area contributed by atoms with Gasteiger partial charge in [-0.2, -0.15) is 5.10 Å². The van der Waals surface area contributed by atoms with E-state index < -0.39 is 10.8 Å². The number of nitrogens with zero attached hydrogens (tertiary/aromatic N) is 5. The highest BCUT2D eigenvalue weighted by Crippen LogP contribution is 2.41. The molecule has 3 heterocycles. The topological polar surface area (TPSA) is 84.1 Å². The number of ether oxygens (including phenoxy) is 2. The number of halogens is 1. The number of aromatic nitrogens is 5. The van der Waals surface area contributed by atoms with Gasteiger partial charge in [0.1, 0.15) is 5.75 Å². The highest BCUT2D eigenvalue weighted by Gasteiger charge is 2.46. The summed E-state index contributed by atoms with van der Waals surface area (Å²) in [4.78, 5) is 11.2. The van der Waals surface area contributed by atoms with E-state index in [0.29, 0.717) is 30.4 Å². The molecule has 1 atom stereocenters. The third-order valence-electron chi connectivity index (χ3n) is 5.08. The van der Waals surface area contributed by atoms with Crippen molar-refractivity contribution in [2.24, 2.45) is 7.05 Å². The Morgan fingerprint density at radius 2 is 2.14 bits per heavy atom. The van der Waals surface area contributed by atoms with Gasteiger partial charge in [0, 0.05) is 36.5 Å². The highest BCUT2D eigenvalue weighted by molar-refractivity contribution is 6.33. The number of rotatable bonds is 5. The molecule has 0 radical (unpaired) electrons. The van der Waals surface area contributed by atoms with E-state index in [-0.39, 0.29) is 6.61 Å². The summed E-state index contributed by atoms with van der Waals surface area (Å²) in [5.74, 6) is 1.29. The van der Waals surface area contributed by atoms with Crippen LogP contribution in [0, 0.1) is 0 Å². The van der Waals surface area contributed by atoms with Crippen molar-refractivity contribution in [2.45, 2.75) is 31.2 Å². The first-order valence-corrected chi connectivity index (χ1v) is 9.83. The van der Waals surface area contributed by atoms with Crippen LogP contribution in [0.15, 0.2) is 30.6 Å². The average Bonchev–Trinajstić information content (AvgIpc) is 3.35. The van der Waals surface area contributed by atoms with E-state index >= 15 is 0 Å². The maximum atomic E-state index is 12.5. The van der Waals surface area contributed by atoms with Gasteiger partial charge in [0.2, 0.25) is 4.87 Å². The normalized spacial score (nSPS) is 18.3. The SMILES string of the molecule is CCOC(=O)C1(Cl)CCCn2c(-c3ccc(-c4cnn(C)c4)c(OC)c3)nnc21. The van der Waals surface area contributed by atoms with E-state index in [9.17, 15) is 4.79 Å². The molecule has 4 rings (SSSR count). The first-order chi connectivity index (χ1) is 14.0. The zero-order chi connectivity index (χ0) is 20.6. The van der Waals surface area contributed by atoms with Gasteiger partial charge in [-0.3, -0.25) is 4.68 Å². The Balaban J connectivity index is 1.75. The quantitative estimate of drug-likeness (QED) is 0.470. The molecule has 1 aromatic carbocycles. The largest absolute Gasteiger partial charge is 0.496 e. The van der Waals surface area contributed by atoms with Crippen LogP contribution in [0.3, 0.4) is 0 Å². The maximum Gasteiger partial charge on any atom is 0.335 e. The summed E-state index contributed by atoms with van der Waals surface area (Å²) >= 11 is 6.67. The summed E-state index contributed by atoms with van der Waals surface area (Å²) in [5, 5.41) is 12.8. The molecule has 2 aromatic heterocycles. The predicted octanol–water partition coefficient (Wildman–Crippen LogP) is 3.15. The molecule has 8 nitrogen and oxygen atoms in total. The number of carbonyl (C=O) groups excluding carboxylic acids is 1. The van der Waals surface area contributed by atoms with Crippen LogP contribution in [0.4, 0.5) is 0 Å². The molecular formula is C20H22ClN5O3. The second kappa shape index (κ2) is 7.51. The van der Waals surface area contributed by atoms with Crippen molar-refractivity contribution in [1.29, 1.82) is 0 Å². The Hall–Kier alpha value is -2.87. The molecule has 0 saturated heterocycles. The predicted molar refractivity (Wildman–Crippen MR) is 108 cm³/mol. The summed E-state index contributed by atoms with van der Waals surface area (Å²) in [6.45, 7) is 2.70. The Morgan fingerprint density at radius 3 is 2.83 bits per heavy atom. The van der Waals surface area contributed by atoms with Crippen molar-refractivity contribution in [3.63, 3.8) is 0 Å². The molecule has 0 amide bonds. The number of aryl methyl sites for hydroxylation is 1. The fourth-order valence-electron chi connectivity index (χ4n) is 3.68. The third-order valence-corrected chi connectivity index (χ3v) is 5.60. The van der Waals surface area contributed by atoms with Crippen LogP contribution in [0.2, 0.25) is 0 Å². The lowest BCUT2D eigenvalue weighted by Gasteiger charge is -2.29. The number of fused-ring (bicyclic) bond motifs is 1. The lowest BCUT2D eigenvalue weighted by atomic mass is 9.97. The Morgan fingerprint density at radius 1 is 1.31 bits per heavy atom. The van der Waals surface area contributed by atoms with Crippen LogP contribution in [0.1, 0.15) is 25.6 Å². The van der Waals surface area contributed by atoms with Gasteiger partial charge in [0.15, 0.2) is 11.6 Å². The van der Waals surface area contributed by atoms with Gasteiger partial charge < -0.3 is 14.0 Å². The molecule has 0 bridgehead atoms. The minimum atomic E-state index is -1.31. The van der Waals surface area contributed by atoms with E-state index in [2.05, 4.69) is 15.3 Å². The number of alkyl halides is 1. The second-order valence-electron chi connectivity index (χ2n) is 6.94. The van der Waals surface area contributed by atoms with Gasteiger partial charge in [-0.1, -0.05) is 17.7 Å². The molecule has 0 spiro atoms. The van der Waals surface area contributed by atoms with Crippen LogP contribution >= 0.6 is 11.6 Å². The van der Waals surface area contributed by atoms with Gasteiger partial charge in [0.05, 0.1) is 19.9 Å². The van der Waals surface area contributed by atoms with Gasteiger partial charge in [-0.15, -0.1) is 10.2 Å². The van der Waals surface area contributed by atoms with Crippen LogP contribution in [-0.4, -0.2) is 44.2 Å². The molecule has 3 aromatic rings. The van der Waals surface area contributed by atoms with E-state index in [1.807, 2.05) is 36.0 Å². The van der Waals surface area contributed by atoms with Crippen LogP contribution in [-0.2, 0) is 28.0 Å². The number of carbonyl (C=O) groups is 1.